The number of nitrogens with zero attached hydrogens (tertiary/aromatic N) is 1. The zero-order valence-electron chi connectivity index (χ0n) is 15.4. The summed E-state index contributed by atoms with van der Waals surface area (Å²) in [5.74, 6) is 0.377. The van der Waals surface area contributed by atoms with Gasteiger partial charge in [-0.15, -0.1) is 0 Å². The van der Waals surface area contributed by atoms with Gasteiger partial charge in [0.1, 0.15) is 12.4 Å². The summed E-state index contributed by atoms with van der Waals surface area (Å²) in [6, 6.07) is 5.76. The molecule has 1 aromatic carbocycles. The highest BCUT2D eigenvalue weighted by molar-refractivity contribution is 7.88. The van der Waals surface area contributed by atoms with Gasteiger partial charge in [0, 0.05) is 13.1 Å². The van der Waals surface area contributed by atoms with Crippen LogP contribution in [-0.2, 0) is 14.8 Å². The Morgan fingerprint density at radius 3 is 2.72 bits per heavy atom. The number of carbonyl (C=O) groups is 1. The first-order valence-electron chi connectivity index (χ1n) is 8.62. The van der Waals surface area contributed by atoms with Crippen LogP contribution in [0.2, 0.25) is 0 Å². The average Bonchev–Trinajstić information content (AvgIpc) is 2.55. The van der Waals surface area contributed by atoms with E-state index in [-0.39, 0.29) is 24.4 Å². The standard InChI is InChI=1S/C18H28N2O4S/c1-13-7-8-17(10-14(13)2)24-12-15(3)19-18(21)16-6-5-9-20(11-16)25(4,22)23/h7-8,10,15-16H,5-6,9,11-12H2,1-4H3,(H,19,21). The summed E-state index contributed by atoms with van der Waals surface area (Å²) < 4.78 is 30.5. The van der Waals surface area contributed by atoms with Crippen LogP contribution < -0.4 is 10.1 Å². The molecule has 1 saturated heterocycles. The molecule has 25 heavy (non-hydrogen) atoms. The van der Waals surface area contributed by atoms with E-state index in [1.54, 1.807) is 0 Å². The Balaban J connectivity index is 1.84. The highest BCUT2D eigenvalue weighted by Gasteiger charge is 2.30. The van der Waals surface area contributed by atoms with Crippen LogP contribution in [0.25, 0.3) is 0 Å². The van der Waals surface area contributed by atoms with Crippen molar-refractivity contribution in [3.63, 3.8) is 0 Å². The van der Waals surface area contributed by atoms with Crippen LogP contribution in [0.5, 0.6) is 5.75 Å². The van der Waals surface area contributed by atoms with E-state index in [1.165, 1.54) is 16.1 Å². The lowest BCUT2D eigenvalue weighted by Crippen LogP contribution is -2.47. The first-order valence-corrected chi connectivity index (χ1v) is 10.5. The van der Waals surface area contributed by atoms with Crippen molar-refractivity contribution in [1.82, 2.24) is 9.62 Å². The Kier molecular flexibility index (Phi) is 6.46. The molecule has 0 aromatic heterocycles. The lowest BCUT2D eigenvalue weighted by Gasteiger charge is -2.30. The molecule has 0 radical (unpaired) electrons. The van der Waals surface area contributed by atoms with Crippen molar-refractivity contribution in [2.45, 2.75) is 39.7 Å². The normalized spacial score (nSPS) is 20.1. The van der Waals surface area contributed by atoms with Crippen LogP contribution in [0.4, 0.5) is 0 Å². The van der Waals surface area contributed by atoms with E-state index in [2.05, 4.69) is 5.32 Å². The molecule has 1 fully saturated rings. The van der Waals surface area contributed by atoms with Crippen molar-refractivity contribution in [1.29, 1.82) is 0 Å². The molecule has 2 unspecified atom stereocenters. The third kappa shape index (κ3) is 5.71. The molecule has 0 bridgehead atoms. The molecule has 2 atom stereocenters. The van der Waals surface area contributed by atoms with Crippen LogP contribution in [0, 0.1) is 19.8 Å². The number of aryl methyl sites for hydroxylation is 2. The number of hydrogen-bond acceptors (Lipinski definition) is 4. The van der Waals surface area contributed by atoms with Crippen LogP contribution in [0.3, 0.4) is 0 Å². The predicted molar refractivity (Wildman–Crippen MR) is 98.2 cm³/mol. The number of piperidine rings is 1. The summed E-state index contributed by atoms with van der Waals surface area (Å²) in [6.45, 7) is 7.09. The van der Waals surface area contributed by atoms with Gasteiger partial charge >= 0.3 is 0 Å². The number of nitrogens with one attached hydrogen (secondary N) is 1. The topological polar surface area (TPSA) is 75.7 Å². The molecule has 2 rings (SSSR count). The van der Waals surface area contributed by atoms with Gasteiger partial charge in [-0.2, -0.15) is 0 Å². The summed E-state index contributed by atoms with van der Waals surface area (Å²) in [5, 5.41) is 2.93. The zero-order valence-corrected chi connectivity index (χ0v) is 16.2. The molecule has 0 spiro atoms. The van der Waals surface area contributed by atoms with Gasteiger partial charge in [-0.1, -0.05) is 6.07 Å². The monoisotopic (exact) mass is 368 g/mol. The highest BCUT2D eigenvalue weighted by atomic mass is 32.2. The van der Waals surface area contributed by atoms with Gasteiger partial charge in [0.05, 0.1) is 18.2 Å². The number of sulfonamides is 1. The zero-order chi connectivity index (χ0) is 18.6. The Bertz CT molecular complexity index is 718. The van der Waals surface area contributed by atoms with E-state index < -0.39 is 10.0 Å². The van der Waals surface area contributed by atoms with Crippen LogP contribution in [0.15, 0.2) is 18.2 Å². The van der Waals surface area contributed by atoms with Crippen molar-refractivity contribution in [2.24, 2.45) is 5.92 Å². The number of ether oxygens (including phenoxy) is 1. The molecule has 1 aliphatic rings. The lowest BCUT2D eigenvalue weighted by molar-refractivity contribution is -0.126. The second-order valence-electron chi connectivity index (χ2n) is 6.93. The highest BCUT2D eigenvalue weighted by Crippen LogP contribution is 2.19. The second-order valence-corrected chi connectivity index (χ2v) is 8.91. The Hall–Kier alpha value is -1.60. The van der Waals surface area contributed by atoms with Crippen molar-refractivity contribution in [2.75, 3.05) is 26.0 Å². The molecule has 1 aromatic rings. The minimum absolute atomic E-state index is 0.107. The molecule has 1 aliphatic heterocycles. The Morgan fingerprint density at radius 2 is 2.08 bits per heavy atom. The van der Waals surface area contributed by atoms with Crippen molar-refractivity contribution in [3.05, 3.63) is 29.3 Å². The number of rotatable bonds is 6. The molecule has 1 amide bonds. The van der Waals surface area contributed by atoms with E-state index in [9.17, 15) is 13.2 Å². The Labute approximate surface area is 150 Å². The van der Waals surface area contributed by atoms with Crippen molar-refractivity contribution >= 4 is 15.9 Å². The molecule has 0 saturated carbocycles. The van der Waals surface area contributed by atoms with E-state index in [0.717, 1.165) is 11.3 Å². The predicted octanol–water partition coefficient (Wildman–Crippen LogP) is 1.86. The van der Waals surface area contributed by atoms with Gasteiger partial charge in [0.2, 0.25) is 15.9 Å². The third-order valence-corrected chi connectivity index (χ3v) is 5.86. The quantitative estimate of drug-likeness (QED) is 0.832. The first-order chi connectivity index (χ1) is 11.7. The molecule has 1 heterocycles. The van der Waals surface area contributed by atoms with E-state index in [0.29, 0.717) is 26.0 Å². The van der Waals surface area contributed by atoms with Gasteiger partial charge in [-0.05, 0) is 56.9 Å². The van der Waals surface area contributed by atoms with Gasteiger partial charge in [0.15, 0.2) is 0 Å². The average molecular weight is 368 g/mol. The van der Waals surface area contributed by atoms with Gasteiger partial charge < -0.3 is 10.1 Å². The maximum Gasteiger partial charge on any atom is 0.224 e. The van der Waals surface area contributed by atoms with E-state index in [1.807, 2.05) is 39.0 Å². The molecule has 6 nitrogen and oxygen atoms in total. The van der Waals surface area contributed by atoms with E-state index in [4.69, 9.17) is 4.74 Å². The molecule has 0 aliphatic carbocycles. The van der Waals surface area contributed by atoms with Crippen LogP contribution in [-0.4, -0.2) is 50.6 Å². The fraction of sp³-hybridized carbons (Fsp3) is 0.611. The molecular weight excluding hydrogens is 340 g/mol. The van der Waals surface area contributed by atoms with E-state index >= 15 is 0 Å². The SMILES string of the molecule is Cc1ccc(OCC(C)NC(=O)C2CCCN(S(C)(=O)=O)C2)cc1C. The summed E-state index contributed by atoms with van der Waals surface area (Å²) in [6.07, 6.45) is 2.61. The van der Waals surface area contributed by atoms with Crippen molar-refractivity contribution in [3.8, 4) is 5.75 Å². The minimum Gasteiger partial charge on any atom is -0.491 e. The summed E-state index contributed by atoms with van der Waals surface area (Å²) in [5.41, 5.74) is 2.37. The maximum absolute atomic E-state index is 12.4. The molecule has 140 valence electrons. The largest absolute Gasteiger partial charge is 0.491 e. The first kappa shape index (κ1) is 19.7. The minimum atomic E-state index is -3.25. The van der Waals surface area contributed by atoms with Gasteiger partial charge in [0.25, 0.3) is 0 Å². The summed E-state index contributed by atoms with van der Waals surface area (Å²) in [7, 11) is -3.25. The molecular formula is C18H28N2O4S. The third-order valence-electron chi connectivity index (χ3n) is 4.59. The van der Waals surface area contributed by atoms with Crippen LogP contribution in [0.1, 0.15) is 30.9 Å². The molecule has 1 N–H and O–H groups in total. The maximum atomic E-state index is 12.4. The number of hydrogen-bond donors (Lipinski definition) is 1. The van der Waals surface area contributed by atoms with Crippen molar-refractivity contribution < 1.29 is 17.9 Å². The number of benzene rings is 1. The van der Waals surface area contributed by atoms with Gasteiger partial charge in [-0.3, -0.25) is 4.79 Å². The summed E-state index contributed by atoms with van der Waals surface area (Å²) in [4.78, 5) is 12.4. The number of amides is 1. The summed E-state index contributed by atoms with van der Waals surface area (Å²) >= 11 is 0. The number of carbonyl (C=O) groups excluding carboxylic acids is 1. The lowest BCUT2D eigenvalue weighted by atomic mass is 9.98. The smallest absolute Gasteiger partial charge is 0.224 e. The fourth-order valence-electron chi connectivity index (χ4n) is 2.88. The molecule has 7 heteroatoms. The van der Waals surface area contributed by atoms with Gasteiger partial charge in [-0.25, -0.2) is 12.7 Å². The van der Waals surface area contributed by atoms with Crippen LogP contribution >= 0.6 is 0 Å². The fourth-order valence-corrected chi connectivity index (χ4v) is 3.80. The Morgan fingerprint density at radius 1 is 1.36 bits per heavy atom. The second kappa shape index (κ2) is 8.19.